The van der Waals surface area contributed by atoms with Gasteiger partial charge in [-0.15, -0.1) is 11.3 Å². The van der Waals surface area contributed by atoms with Crippen LogP contribution in [0.1, 0.15) is 24.0 Å². The van der Waals surface area contributed by atoms with Gasteiger partial charge in [0.2, 0.25) is 5.91 Å². The van der Waals surface area contributed by atoms with E-state index in [1.165, 1.54) is 15.6 Å². The van der Waals surface area contributed by atoms with E-state index in [-0.39, 0.29) is 18.4 Å². The van der Waals surface area contributed by atoms with E-state index in [1.54, 1.807) is 17.5 Å². The Kier molecular flexibility index (Phi) is 5.27. The first kappa shape index (κ1) is 18.1. The van der Waals surface area contributed by atoms with Crippen LogP contribution in [0.5, 0.6) is 0 Å². The zero-order chi connectivity index (χ0) is 18.0. The molecule has 3 rings (SSSR count). The van der Waals surface area contributed by atoms with E-state index in [0.717, 1.165) is 16.8 Å². The molecule has 0 radical (unpaired) electrons. The van der Waals surface area contributed by atoms with Crippen LogP contribution in [0.2, 0.25) is 0 Å². The molecule has 2 heterocycles. The fourth-order valence-corrected chi connectivity index (χ4v) is 5.87. The van der Waals surface area contributed by atoms with Crippen LogP contribution in [0.3, 0.4) is 0 Å². The number of aryl methyl sites for hydroxylation is 2. The normalized spacial score (nSPS) is 18.9. The number of hydrogen-bond acceptors (Lipinski definition) is 4. The minimum atomic E-state index is -3.50. The number of nitrogens with one attached hydrogen (secondary N) is 1. The molecular formula is C18H22N2O3S2. The van der Waals surface area contributed by atoms with E-state index in [4.69, 9.17) is 0 Å². The quantitative estimate of drug-likeness (QED) is 0.887. The number of rotatable bonds is 4. The van der Waals surface area contributed by atoms with Gasteiger partial charge in [0.1, 0.15) is 4.21 Å². The van der Waals surface area contributed by atoms with Gasteiger partial charge in [-0.25, -0.2) is 8.42 Å². The van der Waals surface area contributed by atoms with Crippen LogP contribution in [0, 0.1) is 19.8 Å². The van der Waals surface area contributed by atoms with Crippen molar-refractivity contribution in [1.82, 2.24) is 4.31 Å². The molecule has 0 saturated carbocycles. The fourth-order valence-electron chi connectivity index (χ4n) is 3.20. The largest absolute Gasteiger partial charge is 0.326 e. The lowest BCUT2D eigenvalue weighted by Gasteiger charge is -2.30. The molecular weight excluding hydrogens is 356 g/mol. The molecule has 1 aromatic heterocycles. The number of nitrogens with zero attached hydrogens (tertiary/aromatic N) is 1. The number of sulfonamides is 1. The predicted molar refractivity (Wildman–Crippen MR) is 100 cm³/mol. The number of hydrogen-bond donors (Lipinski definition) is 1. The standard InChI is InChI=1S/C18H22N2O3S2/c1-13-9-14(2)11-16(10-13)19-18(21)15-5-3-7-20(12-15)25(22,23)17-6-4-8-24-17/h4,6,8-11,15H,3,5,7,12H2,1-2H3,(H,19,21). The molecule has 25 heavy (non-hydrogen) atoms. The third-order valence-corrected chi connectivity index (χ3v) is 7.57. The number of carbonyl (C=O) groups is 1. The highest BCUT2D eigenvalue weighted by Gasteiger charge is 2.33. The van der Waals surface area contributed by atoms with Gasteiger partial charge >= 0.3 is 0 Å². The summed E-state index contributed by atoms with van der Waals surface area (Å²) in [6.45, 7) is 4.67. The molecule has 1 N–H and O–H groups in total. The van der Waals surface area contributed by atoms with Crippen LogP contribution in [0.25, 0.3) is 0 Å². The summed E-state index contributed by atoms with van der Waals surface area (Å²) in [6, 6.07) is 9.23. The summed E-state index contributed by atoms with van der Waals surface area (Å²) in [4.78, 5) is 12.6. The molecule has 1 unspecified atom stereocenters. The van der Waals surface area contributed by atoms with E-state index in [2.05, 4.69) is 5.32 Å². The first-order valence-electron chi connectivity index (χ1n) is 8.29. The first-order chi connectivity index (χ1) is 11.9. The minimum Gasteiger partial charge on any atom is -0.326 e. The molecule has 5 nitrogen and oxygen atoms in total. The monoisotopic (exact) mass is 378 g/mol. The van der Waals surface area contributed by atoms with Crippen molar-refractivity contribution in [2.24, 2.45) is 5.92 Å². The second-order valence-corrected chi connectivity index (χ2v) is 9.61. The number of piperidine rings is 1. The fraction of sp³-hybridized carbons (Fsp3) is 0.389. The molecule has 1 atom stereocenters. The van der Waals surface area contributed by atoms with E-state index in [1.807, 2.05) is 32.0 Å². The van der Waals surface area contributed by atoms with Crippen molar-refractivity contribution in [1.29, 1.82) is 0 Å². The molecule has 134 valence electrons. The Bertz CT molecular complexity index is 840. The molecule has 0 bridgehead atoms. The third-order valence-electron chi connectivity index (χ3n) is 4.33. The van der Waals surface area contributed by atoms with Gasteiger partial charge in [-0.2, -0.15) is 4.31 Å². The Morgan fingerprint density at radius 1 is 1.24 bits per heavy atom. The third kappa shape index (κ3) is 4.11. The lowest BCUT2D eigenvalue weighted by Crippen LogP contribution is -2.43. The van der Waals surface area contributed by atoms with Crippen LogP contribution in [-0.4, -0.2) is 31.7 Å². The lowest BCUT2D eigenvalue weighted by molar-refractivity contribution is -0.120. The summed E-state index contributed by atoms with van der Waals surface area (Å²) in [7, 11) is -3.50. The van der Waals surface area contributed by atoms with Crippen LogP contribution in [0.15, 0.2) is 39.9 Å². The summed E-state index contributed by atoms with van der Waals surface area (Å²) in [5.41, 5.74) is 2.93. The van der Waals surface area contributed by atoms with Crippen molar-refractivity contribution in [3.05, 3.63) is 46.8 Å². The van der Waals surface area contributed by atoms with E-state index < -0.39 is 10.0 Å². The van der Waals surface area contributed by atoms with Gasteiger partial charge in [-0.05, 0) is 61.4 Å². The Morgan fingerprint density at radius 3 is 2.60 bits per heavy atom. The second-order valence-electron chi connectivity index (χ2n) is 6.50. The van der Waals surface area contributed by atoms with Gasteiger partial charge in [-0.1, -0.05) is 12.1 Å². The van der Waals surface area contributed by atoms with Gasteiger partial charge in [0.15, 0.2) is 0 Å². The topological polar surface area (TPSA) is 66.5 Å². The molecule has 1 aromatic carbocycles. The van der Waals surface area contributed by atoms with E-state index >= 15 is 0 Å². The van der Waals surface area contributed by atoms with Gasteiger partial charge in [0, 0.05) is 18.8 Å². The molecule has 1 saturated heterocycles. The molecule has 7 heteroatoms. The minimum absolute atomic E-state index is 0.115. The first-order valence-corrected chi connectivity index (χ1v) is 10.6. The number of carbonyl (C=O) groups excluding carboxylic acids is 1. The number of anilines is 1. The second kappa shape index (κ2) is 7.27. The Balaban J connectivity index is 1.71. The Morgan fingerprint density at radius 2 is 1.96 bits per heavy atom. The molecule has 1 amide bonds. The van der Waals surface area contributed by atoms with Crippen LogP contribution >= 0.6 is 11.3 Å². The van der Waals surface area contributed by atoms with Crippen molar-refractivity contribution in [2.45, 2.75) is 30.9 Å². The van der Waals surface area contributed by atoms with Gasteiger partial charge in [0.25, 0.3) is 10.0 Å². The molecule has 0 aliphatic carbocycles. The molecule has 1 aliphatic rings. The average molecular weight is 379 g/mol. The number of benzene rings is 1. The maximum Gasteiger partial charge on any atom is 0.252 e. The SMILES string of the molecule is Cc1cc(C)cc(NC(=O)C2CCCN(S(=O)(=O)c3cccs3)C2)c1. The van der Waals surface area contributed by atoms with Crippen molar-refractivity contribution >= 4 is 33.0 Å². The highest BCUT2D eigenvalue weighted by atomic mass is 32.2. The van der Waals surface area contributed by atoms with Crippen molar-refractivity contribution in [3.63, 3.8) is 0 Å². The van der Waals surface area contributed by atoms with Gasteiger partial charge in [0.05, 0.1) is 5.92 Å². The van der Waals surface area contributed by atoms with E-state index in [0.29, 0.717) is 23.6 Å². The van der Waals surface area contributed by atoms with Crippen molar-refractivity contribution in [3.8, 4) is 0 Å². The zero-order valence-electron chi connectivity index (χ0n) is 14.4. The summed E-state index contributed by atoms with van der Waals surface area (Å²) in [5, 5.41) is 4.69. The van der Waals surface area contributed by atoms with Crippen LogP contribution in [-0.2, 0) is 14.8 Å². The zero-order valence-corrected chi connectivity index (χ0v) is 16.0. The maximum absolute atomic E-state index is 12.7. The van der Waals surface area contributed by atoms with Crippen molar-refractivity contribution < 1.29 is 13.2 Å². The highest BCUT2D eigenvalue weighted by molar-refractivity contribution is 7.91. The van der Waals surface area contributed by atoms with E-state index in [9.17, 15) is 13.2 Å². The maximum atomic E-state index is 12.7. The van der Waals surface area contributed by atoms with Gasteiger partial charge < -0.3 is 5.32 Å². The predicted octanol–water partition coefficient (Wildman–Crippen LogP) is 3.40. The summed E-state index contributed by atoms with van der Waals surface area (Å²) >= 11 is 1.21. The molecule has 2 aromatic rings. The Hall–Kier alpha value is -1.70. The van der Waals surface area contributed by atoms with Crippen LogP contribution in [0.4, 0.5) is 5.69 Å². The molecule has 1 fully saturated rings. The van der Waals surface area contributed by atoms with Gasteiger partial charge in [-0.3, -0.25) is 4.79 Å². The summed E-state index contributed by atoms with van der Waals surface area (Å²) in [6.07, 6.45) is 1.39. The number of thiophene rings is 1. The molecule has 1 aliphatic heterocycles. The highest BCUT2D eigenvalue weighted by Crippen LogP contribution is 2.27. The number of amides is 1. The summed E-state index contributed by atoms with van der Waals surface area (Å²) in [5.74, 6) is -0.444. The summed E-state index contributed by atoms with van der Waals surface area (Å²) < 4.78 is 27.1. The average Bonchev–Trinajstić information content (AvgIpc) is 3.09. The smallest absolute Gasteiger partial charge is 0.252 e. The van der Waals surface area contributed by atoms with Crippen LogP contribution < -0.4 is 5.32 Å². The lowest BCUT2D eigenvalue weighted by atomic mass is 9.98. The van der Waals surface area contributed by atoms with Crippen molar-refractivity contribution in [2.75, 3.05) is 18.4 Å². The Labute approximate surface area is 152 Å². The molecule has 0 spiro atoms.